The predicted octanol–water partition coefficient (Wildman–Crippen LogP) is 2.59. The van der Waals surface area contributed by atoms with Gasteiger partial charge in [-0.15, -0.1) is 0 Å². The number of hydrogen-bond acceptors (Lipinski definition) is 4. The SMILES string of the molecule is CNc1cc(C#N)cc2c1NC1CCN(C(C)C)CC21. The number of nitrogens with zero attached hydrogens (tertiary/aromatic N) is 2. The van der Waals surface area contributed by atoms with Crippen LogP contribution in [0, 0.1) is 11.3 Å². The molecule has 4 nitrogen and oxygen atoms in total. The smallest absolute Gasteiger partial charge is 0.0992 e. The first-order chi connectivity index (χ1) is 9.63. The Bertz CT molecular complexity index is 558. The molecule has 4 heteroatoms. The van der Waals surface area contributed by atoms with Crippen LogP contribution in [0.15, 0.2) is 12.1 Å². The van der Waals surface area contributed by atoms with Crippen molar-refractivity contribution >= 4 is 11.4 Å². The zero-order valence-electron chi connectivity index (χ0n) is 12.4. The first kappa shape index (κ1) is 13.3. The largest absolute Gasteiger partial charge is 0.386 e. The minimum Gasteiger partial charge on any atom is -0.386 e. The van der Waals surface area contributed by atoms with Crippen molar-refractivity contribution in [2.24, 2.45) is 0 Å². The van der Waals surface area contributed by atoms with Crippen LogP contribution in [0.4, 0.5) is 11.4 Å². The number of hydrogen-bond donors (Lipinski definition) is 2. The van der Waals surface area contributed by atoms with Gasteiger partial charge in [0.2, 0.25) is 0 Å². The summed E-state index contributed by atoms with van der Waals surface area (Å²) in [5, 5.41) is 16.1. The molecule has 1 fully saturated rings. The van der Waals surface area contributed by atoms with Crippen molar-refractivity contribution in [3.63, 3.8) is 0 Å². The Labute approximate surface area is 120 Å². The molecule has 2 unspecified atom stereocenters. The van der Waals surface area contributed by atoms with Crippen molar-refractivity contribution in [1.82, 2.24) is 4.90 Å². The van der Waals surface area contributed by atoms with Gasteiger partial charge in [-0.1, -0.05) is 0 Å². The first-order valence-electron chi connectivity index (χ1n) is 7.40. The number of nitrogens with one attached hydrogen (secondary N) is 2. The Morgan fingerprint density at radius 2 is 2.25 bits per heavy atom. The van der Waals surface area contributed by atoms with E-state index in [2.05, 4.69) is 41.5 Å². The quantitative estimate of drug-likeness (QED) is 0.867. The summed E-state index contributed by atoms with van der Waals surface area (Å²) in [6.07, 6.45) is 1.17. The Hall–Kier alpha value is -1.73. The highest BCUT2D eigenvalue weighted by molar-refractivity contribution is 5.78. The second kappa shape index (κ2) is 4.99. The number of rotatable bonds is 2. The molecular weight excluding hydrogens is 248 g/mol. The van der Waals surface area contributed by atoms with E-state index in [0.717, 1.165) is 24.3 Å². The predicted molar refractivity (Wildman–Crippen MR) is 82.2 cm³/mol. The lowest BCUT2D eigenvalue weighted by Gasteiger charge is -2.37. The molecule has 2 aliphatic heterocycles. The lowest BCUT2D eigenvalue weighted by atomic mass is 9.88. The summed E-state index contributed by atoms with van der Waals surface area (Å²) >= 11 is 0. The fourth-order valence-electron chi connectivity index (χ4n) is 3.50. The lowest BCUT2D eigenvalue weighted by molar-refractivity contribution is 0.163. The molecule has 20 heavy (non-hydrogen) atoms. The van der Waals surface area contributed by atoms with Crippen LogP contribution in [0.25, 0.3) is 0 Å². The summed E-state index contributed by atoms with van der Waals surface area (Å²) < 4.78 is 0. The highest BCUT2D eigenvalue weighted by atomic mass is 15.2. The average molecular weight is 270 g/mol. The summed E-state index contributed by atoms with van der Waals surface area (Å²) in [6.45, 7) is 6.75. The van der Waals surface area contributed by atoms with Crippen molar-refractivity contribution in [2.75, 3.05) is 30.8 Å². The van der Waals surface area contributed by atoms with Crippen LogP contribution >= 0.6 is 0 Å². The first-order valence-corrected chi connectivity index (χ1v) is 7.40. The van der Waals surface area contributed by atoms with Crippen LogP contribution in [0.1, 0.15) is 37.3 Å². The van der Waals surface area contributed by atoms with Gasteiger partial charge in [0.25, 0.3) is 0 Å². The van der Waals surface area contributed by atoms with Gasteiger partial charge in [-0.2, -0.15) is 5.26 Å². The third-order valence-electron chi connectivity index (χ3n) is 4.67. The third kappa shape index (κ3) is 2.03. The van der Waals surface area contributed by atoms with Crippen molar-refractivity contribution in [1.29, 1.82) is 5.26 Å². The molecule has 0 saturated carbocycles. The minimum atomic E-state index is 0.501. The lowest BCUT2D eigenvalue weighted by Crippen LogP contribution is -2.45. The third-order valence-corrected chi connectivity index (χ3v) is 4.67. The second-order valence-corrected chi connectivity index (χ2v) is 6.08. The average Bonchev–Trinajstić information content (AvgIpc) is 2.83. The van der Waals surface area contributed by atoms with Crippen LogP contribution in [-0.2, 0) is 0 Å². The maximum absolute atomic E-state index is 9.22. The van der Waals surface area contributed by atoms with Crippen LogP contribution in [-0.4, -0.2) is 37.1 Å². The summed E-state index contributed by atoms with van der Waals surface area (Å²) in [5.41, 5.74) is 4.30. The van der Waals surface area contributed by atoms with E-state index < -0.39 is 0 Å². The summed E-state index contributed by atoms with van der Waals surface area (Å²) in [5.74, 6) is 0.501. The van der Waals surface area contributed by atoms with Crippen molar-refractivity contribution in [3.8, 4) is 6.07 Å². The van der Waals surface area contributed by atoms with E-state index in [0.29, 0.717) is 18.0 Å². The van der Waals surface area contributed by atoms with E-state index in [1.807, 2.05) is 13.1 Å². The van der Waals surface area contributed by atoms with Gasteiger partial charge in [0.05, 0.1) is 23.0 Å². The van der Waals surface area contributed by atoms with Gasteiger partial charge in [-0.05, 0) is 38.0 Å². The Morgan fingerprint density at radius 3 is 2.90 bits per heavy atom. The molecular formula is C16H22N4. The van der Waals surface area contributed by atoms with E-state index in [-0.39, 0.29) is 0 Å². The summed E-state index contributed by atoms with van der Waals surface area (Å²) in [6, 6.07) is 7.38. The number of benzene rings is 1. The molecule has 2 aliphatic rings. The van der Waals surface area contributed by atoms with E-state index in [9.17, 15) is 5.26 Å². The molecule has 1 aromatic rings. The number of likely N-dealkylation sites (tertiary alicyclic amines) is 1. The van der Waals surface area contributed by atoms with Crippen molar-refractivity contribution < 1.29 is 0 Å². The van der Waals surface area contributed by atoms with Crippen molar-refractivity contribution in [3.05, 3.63) is 23.3 Å². The Balaban J connectivity index is 1.99. The number of anilines is 2. The molecule has 2 N–H and O–H groups in total. The van der Waals surface area contributed by atoms with E-state index in [1.54, 1.807) is 0 Å². The molecule has 2 atom stereocenters. The minimum absolute atomic E-state index is 0.501. The molecule has 0 aromatic heterocycles. The van der Waals surface area contributed by atoms with Crippen LogP contribution in [0.3, 0.4) is 0 Å². The zero-order chi connectivity index (χ0) is 14.3. The molecule has 0 radical (unpaired) electrons. The van der Waals surface area contributed by atoms with Crippen molar-refractivity contribution in [2.45, 2.75) is 38.3 Å². The van der Waals surface area contributed by atoms with Gasteiger partial charge in [-0.25, -0.2) is 0 Å². The van der Waals surface area contributed by atoms with Gasteiger partial charge in [-0.3, -0.25) is 0 Å². The number of nitriles is 1. The molecule has 0 amide bonds. The van der Waals surface area contributed by atoms with Gasteiger partial charge < -0.3 is 15.5 Å². The molecule has 0 aliphatic carbocycles. The Morgan fingerprint density at radius 1 is 1.45 bits per heavy atom. The number of piperidine rings is 1. The molecule has 1 aromatic carbocycles. The highest BCUT2D eigenvalue weighted by Gasteiger charge is 2.38. The van der Waals surface area contributed by atoms with E-state index in [1.165, 1.54) is 17.7 Å². The highest BCUT2D eigenvalue weighted by Crippen LogP contribution is 2.44. The van der Waals surface area contributed by atoms with Gasteiger partial charge in [0.15, 0.2) is 0 Å². The fourth-order valence-corrected chi connectivity index (χ4v) is 3.50. The topological polar surface area (TPSA) is 51.1 Å². The fraction of sp³-hybridized carbons (Fsp3) is 0.562. The Kier molecular flexibility index (Phi) is 3.31. The molecule has 3 rings (SSSR count). The van der Waals surface area contributed by atoms with Crippen LogP contribution in [0.2, 0.25) is 0 Å². The summed E-state index contributed by atoms with van der Waals surface area (Å²) in [4.78, 5) is 2.54. The second-order valence-electron chi connectivity index (χ2n) is 6.08. The molecule has 106 valence electrons. The van der Waals surface area contributed by atoms with Gasteiger partial charge in [0.1, 0.15) is 0 Å². The van der Waals surface area contributed by atoms with Gasteiger partial charge in [0, 0.05) is 38.1 Å². The zero-order valence-corrected chi connectivity index (χ0v) is 12.4. The van der Waals surface area contributed by atoms with Crippen LogP contribution < -0.4 is 10.6 Å². The molecule has 0 spiro atoms. The molecule has 1 saturated heterocycles. The monoisotopic (exact) mass is 270 g/mol. The van der Waals surface area contributed by atoms with Gasteiger partial charge >= 0.3 is 0 Å². The number of fused-ring (bicyclic) bond motifs is 3. The maximum Gasteiger partial charge on any atom is 0.0992 e. The summed E-state index contributed by atoms with van der Waals surface area (Å²) in [7, 11) is 1.92. The molecule has 0 bridgehead atoms. The van der Waals surface area contributed by atoms with Crippen LogP contribution in [0.5, 0.6) is 0 Å². The van der Waals surface area contributed by atoms with E-state index >= 15 is 0 Å². The standard InChI is InChI=1S/C16H22N4/c1-10(2)20-5-4-14-13(9-20)12-6-11(8-17)7-15(18-3)16(12)19-14/h6-7,10,13-14,18-19H,4-5,9H2,1-3H3. The normalized spacial score (nSPS) is 24.8. The maximum atomic E-state index is 9.22. The molecule has 2 heterocycles. The van der Waals surface area contributed by atoms with E-state index in [4.69, 9.17) is 0 Å².